The lowest BCUT2D eigenvalue weighted by atomic mass is 10.1. The maximum absolute atomic E-state index is 12.3. The average Bonchev–Trinajstić information content (AvgIpc) is 2.98. The second-order valence-corrected chi connectivity index (χ2v) is 6.26. The number of carbonyl (C=O) groups excluding carboxylic acids is 2. The van der Waals surface area contributed by atoms with Crippen molar-refractivity contribution in [2.75, 3.05) is 12.4 Å². The molecule has 0 fully saturated rings. The molecule has 1 N–H and O–H groups in total. The fraction of sp³-hybridized carbons (Fsp3) is 0.238. The first-order chi connectivity index (χ1) is 12.5. The molecule has 1 atom stereocenters. The minimum atomic E-state index is -0.324. The molecule has 5 nitrogen and oxygen atoms in total. The Morgan fingerprint density at radius 1 is 1.27 bits per heavy atom. The molecule has 134 valence electrons. The minimum Gasteiger partial charge on any atom is -0.496 e. The number of hydrogen-bond donors (Lipinski definition) is 1. The summed E-state index contributed by atoms with van der Waals surface area (Å²) in [6, 6.07) is 10.7. The topological polar surface area (TPSA) is 64.6 Å². The Kier molecular flexibility index (Phi) is 5.07. The number of methoxy groups -OCH3 is 1. The third-order valence-electron chi connectivity index (χ3n) is 4.23. The van der Waals surface area contributed by atoms with Crippen molar-refractivity contribution < 1.29 is 19.1 Å². The Morgan fingerprint density at radius 2 is 2.04 bits per heavy atom. The Morgan fingerprint density at radius 3 is 2.77 bits per heavy atom. The first kappa shape index (κ1) is 17.7. The molecule has 1 aliphatic heterocycles. The smallest absolute Gasteiger partial charge is 0.248 e. The van der Waals surface area contributed by atoms with Gasteiger partial charge < -0.3 is 14.8 Å². The van der Waals surface area contributed by atoms with E-state index < -0.39 is 0 Å². The van der Waals surface area contributed by atoms with E-state index in [1.807, 2.05) is 19.1 Å². The molecule has 0 spiro atoms. The van der Waals surface area contributed by atoms with Crippen LogP contribution in [0.1, 0.15) is 35.3 Å². The largest absolute Gasteiger partial charge is 0.496 e. The number of anilines is 1. The maximum Gasteiger partial charge on any atom is 0.248 e. The zero-order valence-electron chi connectivity index (χ0n) is 15.0. The normalized spacial score (nSPS) is 15.4. The van der Waals surface area contributed by atoms with E-state index in [9.17, 15) is 9.59 Å². The van der Waals surface area contributed by atoms with Gasteiger partial charge in [0.2, 0.25) is 5.91 Å². The zero-order valence-corrected chi connectivity index (χ0v) is 15.0. The van der Waals surface area contributed by atoms with Gasteiger partial charge in [-0.3, -0.25) is 9.59 Å². The van der Waals surface area contributed by atoms with Crippen molar-refractivity contribution in [2.24, 2.45) is 0 Å². The van der Waals surface area contributed by atoms with Crippen molar-refractivity contribution in [3.05, 3.63) is 59.2 Å². The number of carbonyl (C=O) groups is 2. The van der Waals surface area contributed by atoms with Gasteiger partial charge in [-0.15, -0.1) is 0 Å². The summed E-state index contributed by atoms with van der Waals surface area (Å²) in [7, 11) is 1.60. The van der Waals surface area contributed by atoms with Crippen LogP contribution in [0.3, 0.4) is 0 Å². The van der Waals surface area contributed by atoms with Gasteiger partial charge in [0.25, 0.3) is 0 Å². The summed E-state index contributed by atoms with van der Waals surface area (Å²) in [6.07, 6.45) is 4.08. The summed E-state index contributed by atoms with van der Waals surface area (Å²) in [6.45, 7) is 3.49. The number of ketones is 1. The fourth-order valence-electron chi connectivity index (χ4n) is 3.00. The molecule has 3 rings (SSSR count). The monoisotopic (exact) mass is 351 g/mol. The SMILES string of the molecule is COc1cc2c(cc1/C=C/C(=O)Nc1ccccc1C(C)=O)OC(C)C2. The maximum atomic E-state index is 12.3. The Hall–Kier alpha value is -3.08. The zero-order chi connectivity index (χ0) is 18.7. The lowest BCUT2D eigenvalue weighted by Crippen LogP contribution is -2.11. The second kappa shape index (κ2) is 7.44. The Bertz CT molecular complexity index is 886. The van der Waals surface area contributed by atoms with Gasteiger partial charge in [-0.1, -0.05) is 12.1 Å². The van der Waals surface area contributed by atoms with Crippen molar-refractivity contribution >= 4 is 23.5 Å². The van der Waals surface area contributed by atoms with Gasteiger partial charge >= 0.3 is 0 Å². The predicted octanol–water partition coefficient (Wildman–Crippen LogP) is 3.87. The van der Waals surface area contributed by atoms with E-state index in [1.165, 1.54) is 13.0 Å². The molecule has 0 saturated carbocycles. The molecule has 1 heterocycles. The molecule has 1 unspecified atom stereocenters. The minimum absolute atomic E-state index is 0.101. The van der Waals surface area contributed by atoms with Crippen molar-refractivity contribution in [3.8, 4) is 11.5 Å². The van der Waals surface area contributed by atoms with Gasteiger partial charge in [-0.2, -0.15) is 0 Å². The number of rotatable bonds is 5. The van der Waals surface area contributed by atoms with Crippen LogP contribution in [0, 0.1) is 0 Å². The molecule has 26 heavy (non-hydrogen) atoms. The summed E-state index contributed by atoms with van der Waals surface area (Å²) < 4.78 is 11.2. The molecule has 0 saturated heterocycles. The number of ether oxygens (including phenoxy) is 2. The highest BCUT2D eigenvalue weighted by molar-refractivity contribution is 6.07. The molecule has 2 aromatic carbocycles. The molecule has 0 radical (unpaired) electrons. The van der Waals surface area contributed by atoms with E-state index in [4.69, 9.17) is 9.47 Å². The van der Waals surface area contributed by atoms with E-state index in [0.717, 1.165) is 23.3 Å². The summed E-state index contributed by atoms with van der Waals surface area (Å²) in [5.74, 6) is 1.09. The number of fused-ring (bicyclic) bond motifs is 1. The van der Waals surface area contributed by atoms with E-state index in [2.05, 4.69) is 5.32 Å². The average molecular weight is 351 g/mol. The Balaban J connectivity index is 1.79. The van der Waals surface area contributed by atoms with E-state index >= 15 is 0 Å². The number of amides is 1. The van der Waals surface area contributed by atoms with Gasteiger partial charge in [0, 0.05) is 29.2 Å². The van der Waals surface area contributed by atoms with Gasteiger partial charge in [-0.05, 0) is 44.2 Å². The molecular weight excluding hydrogens is 330 g/mol. The van der Waals surface area contributed by atoms with Crippen LogP contribution in [0.5, 0.6) is 11.5 Å². The highest BCUT2D eigenvalue weighted by Gasteiger charge is 2.21. The Labute approximate surface area is 152 Å². The highest BCUT2D eigenvalue weighted by Crippen LogP contribution is 2.35. The summed E-state index contributed by atoms with van der Waals surface area (Å²) in [4.78, 5) is 23.9. The van der Waals surface area contributed by atoms with Crippen LogP contribution in [-0.2, 0) is 11.2 Å². The standard InChI is InChI=1S/C21H21NO4/c1-13-10-16-12-19(25-3)15(11-20(16)26-13)8-9-21(24)22-18-7-5-4-6-17(18)14(2)23/h4-9,11-13H,10H2,1-3H3,(H,22,24)/b9-8+. The van der Waals surface area contributed by atoms with Gasteiger partial charge in [0.1, 0.15) is 17.6 Å². The van der Waals surface area contributed by atoms with E-state index in [0.29, 0.717) is 17.0 Å². The van der Waals surface area contributed by atoms with Crippen LogP contribution < -0.4 is 14.8 Å². The summed E-state index contributed by atoms with van der Waals surface area (Å²) >= 11 is 0. The number of nitrogens with one attached hydrogen (secondary N) is 1. The molecule has 0 aliphatic carbocycles. The lowest BCUT2D eigenvalue weighted by Gasteiger charge is -2.09. The quantitative estimate of drug-likeness (QED) is 0.656. The van der Waals surface area contributed by atoms with E-state index in [-0.39, 0.29) is 17.8 Å². The van der Waals surface area contributed by atoms with Gasteiger partial charge in [0.05, 0.1) is 12.8 Å². The highest BCUT2D eigenvalue weighted by atomic mass is 16.5. The van der Waals surface area contributed by atoms with Crippen molar-refractivity contribution in [2.45, 2.75) is 26.4 Å². The number of Topliss-reactive ketones (excluding diaryl/α,β-unsaturated/α-hetero) is 1. The molecular formula is C21H21NO4. The van der Waals surface area contributed by atoms with Gasteiger partial charge in [0.15, 0.2) is 5.78 Å². The number of benzene rings is 2. The fourth-order valence-corrected chi connectivity index (χ4v) is 3.00. The number of para-hydroxylation sites is 1. The van der Waals surface area contributed by atoms with Gasteiger partial charge in [-0.25, -0.2) is 0 Å². The molecule has 1 amide bonds. The first-order valence-electron chi connectivity index (χ1n) is 8.44. The second-order valence-electron chi connectivity index (χ2n) is 6.26. The summed E-state index contributed by atoms with van der Waals surface area (Å²) in [5.41, 5.74) is 2.83. The predicted molar refractivity (Wildman–Crippen MR) is 101 cm³/mol. The molecule has 1 aliphatic rings. The van der Waals surface area contributed by atoms with Crippen molar-refractivity contribution in [1.29, 1.82) is 0 Å². The van der Waals surface area contributed by atoms with E-state index in [1.54, 1.807) is 37.5 Å². The lowest BCUT2D eigenvalue weighted by molar-refractivity contribution is -0.111. The molecule has 5 heteroatoms. The van der Waals surface area contributed by atoms with Crippen molar-refractivity contribution in [1.82, 2.24) is 0 Å². The van der Waals surface area contributed by atoms with Crippen LogP contribution in [0.2, 0.25) is 0 Å². The third kappa shape index (κ3) is 3.77. The first-order valence-corrected chi connectivity index (χ1v) is 8.44. The van der Waals surface area contributed by atoms with Crippen LogP contribution in [0.15, 0.2) is 42.5 Å². The van der Waals surface area contributed by atoms with Crippen LogP contribution in [0.25, 0.3) is 6.08 Å². The third-order valence-corrected chi connectivity index (χ3v) is 4.23. The molecule has 0 bridgehead atoms. The molecule has 0 aromatic heterocycles. The van der Waals surface area contributed by atoms with Crippen LogP contribution in [0.4, 0.5) is 5.69 Å². The summed E-state index contributed by atoms with van der Waals surface area (Å²) in [5, 5.41) is 2.74. The van der Waals surface area contributed by atoms with Crippen molar-refractivity contribution in [3.63, 3.8) is 0 Å². The van der Waals surface area contributed by atoms with Crippen LogP contribution in [-0.4, -0.2) is 24.9 Å². The molecule has 2 aromatic rings. The van der Waals surface area contributed by atoms with Crippen LogP contribution >= 0.6 is 0 Å². The number of hydrogen-bond acceptors (Lipinski definition) is 4.